The number of alkyl halides is 1. The van der Waals surface area contributed by atoms with Crippen molar-refractivity contribution in [3.8, 4) is 0 Å². The highest BCUT2D eigenvalue weighted by atomic mass is 79.9. The Balaban J connectivity index is 2.20. The first kappa shape index (κ1) is 11.4. The molecule has 1 saturated heterocycles. The van der Waals surface area contributed by atoms with Gasteiger partial charge >= 0.3 is 0 Å². The van der Waals surface area contributed by atoms with Crippen molar-refractivity contribution in [1.29, 1.82) is 0 Å². The molecule has 1 aromatic carbocycles. The van der Waals surface area contributed by atoms with Gasteiger partial charge in [0.05, 0.1) is 11.7 Å². The lowest BCUT2D eigenvalue weighted by molar-refractivity contribution is -0.0220. The molecule has 1 aliphatic heterocycles. The molecule has 0 aliphatic carbocycles. The van der Waals surface area contributed by atoms with Gasteiger partial charge in [0.15, 0.2) is 0 Å². The molecule has 0 spiro atoms. The molecule has 2 unspecified atom stereocenters. The highest BCUT2D eigenvalue weighted by molar-refractivity contribution is 9.09. The molecule has 3 heteroatoms. The molecular formula is C12H14BrClO. The average Bonchev–Trinajstić information content (AvgIpc) is 2.62. The quantitative estimate of drug-likeness (QED) is 0.744. The van der Waals surface area contributed by atoms with Gasteiger partial charge in [-0.3, -0.25) is 0 Å². The summed E-state index contributed by atoms with van der Waals surface area (Å²) < 4.78 is 6.03. The van der Waals surface area contributed by atoms with E-state index in [1.54, 1.807) is 0 Å². The average molecular weight is 290 g/mol. The van der Waals surface area contributed by atoms with Crippen LogP contribution in [0.4, 0.5) is 0 Å². The van der Waals surface area contributed by atoms with Gasteiger partial charge in [0.25, 0.3) is 0 Å². The van der Waals surface area contributed by atoms with E-state index in [9.17, 15) is 0 Å². The van der Waals surface area contributed by atoms with Crippen molar-refractivity contribution in [2.45, 2.75) is 31.5 Å². The van der Waals surface area contributed by atoms with E-state index in [1.165, 1.54) is 5.56 Å². The highest BCUT2D eigenvalue weighted by Crippen LogP contribution is 2.39. The van der Waals surface area contributed by atoms with E-state index in [0.717, 1.165) is 23.2 Å². The van der Waals surface area contributed by atoms with Gasteiger partial charge in [-0.05, 0) is 37.5 Å². The summed E-state index contributed by atoms with van der Waals surface area (Å²) in [5, 5.41) is 1.69. The second-order valence-electron chi connectivity index (χ2n) is 4.17. The zero-order valence-electron chi connectivity index (χ0n) is 8.67. The van der Waals surface area contributed by atoms with E-state index in [0.29, 0.717) is 6.10 Å². The van der Waals surface area contributed by atoms with Gasteiger partial charge < -0.3 is 4.74 Å². The fourth-order valence-electron chi connectivity index (χ4n) is 2.05. The van der Waals surface area contributed by atoms with Gasteiger partial charge in [-0.1, -0.05) is 39.7 Å². The summed E-state index contributed by atoms with van der Waals surface area (Å²) in [6.07, 6.45) is 2.53. The predicted molar refractivity (Wildman–Crippen MR) is 66.7 cm³/mol. The zero-order chi connectivity index (χ0) is 10.9. The van der Waals surface area contributed by atoms with Crippen molar-refractivity contribution in [1.82, 2.24) is 0 Å². The number of hydrogen-bond acceptors (Lipinski definition) is 1. The Labute approximate surface area is 104 Å². The number of rotatable bonds is 2. The molecular weight excluding hydrogens is 275 g/mol. The smallest absolute Gasteiger partial charge is 0.0908 e. The molecule has 15 heavy (non-hydrogen) atoms. The maximum atomic E-state index is 6.03. The van der Waals surface area contributed by atoms with Crippen molar-refractivity contribution in [3.05, 3.63) is 34.9 Å². The molecule has 2 atom stereocenters. The van der Waals surface area contributed by atoms with E-state index in [4.69, 9.17) is 16.3 Å². The first-order valence-electron chi connectivity index (χ1n) is 5.14. The standard InChI is InChI=1S/C12H14BrClO/c1-12(7-6-11(8-13)15-12)9-2-4-10(14)5-3-9/h2-5,11H,6-8H2,1H3. The fourth-order valence-corrected chi connectivity index (χ4v) is 2.63. The van der Waals surface area contributed by atoms with Crippen LogP contribution in [-0.2, 0) is 10.3 Å². The summed E-state index contributed by atoms with van der Waals surface area (Å²) in [6.45, 7) is 2.15. The van der Waals surface area contributed by atoms with Crippen LogP contribution in [0.25, 0.3) is 0 Å². The molecule has 0 saturated carbocycles. The number of ether oxygens (including phenoxy) is 1. The summed E-state index contributed by atoms with van der Waals surface area (Å²) in [4.78, 5) is 0. The Kier molecular flexibility index (Phi) is 3.39. The highest BCUT2D eigenvalue weighted by Gasteiger charge is 2.36. The molecule has 0 radical (unpaired) electrons. The first-order valence-corrected chi connectivity index (χ1v) is 6.64. The van der Waals surface area contributed by atoms with E-state index < -0.39 is 0 Å². The first-order chi connectivity index (χ1) is 7.14. The minimum atomic E-state index is -0.136. The second kappa shape index (κ2) is 4.44. The van der Waals surface area contributed by atoms with Crippen LogP contribution < -0.4 is 0 Å². The summed E-state index contributed by atoms with van der Waals surface area (Å²) in [7, 11) is 0. The molecule has 0 bridgehead atoms. The van der Waals surface area contributed by atoms with Crippen LogP contribution in [0.1, 0.15) is 25.3 Å². The fraction of sp³-hybridized carbons (Fsp3) is 0.500. The Morgan fingerprint density at radius 3 is 2.67 bits per heavy atom. The molecule has 82 valence electrons. The normalized spacial score (nSPS) is 30.7. The van der Waals surface area contributed by atoms with Gasteiger partial charge in [-0.15, -0.1) is 0 Å². The molecule has 0 aromatic heterocycles. The number of benzene rings is 1. The Hall–Kier alpha value is -0.0500. The molecule has 1 fully saturated rings. The minimum Gasteiger partial charge on any atom is -0.366 e. The van der Waals surface area contributed by atoms with E-state index in [1.807, 2.05) is 12.1 Å². The topological polar surface area (TPSA) is 9.23 Å². The molecule has 1 aromatic rings. The molecule has 1 heterocycles. The summed E-state index contributed by atoms with van der Waals surface area (Å²) >= 11 is 9.34. The van der Waals surface area contributed by atoms with Crippen molar-refractivity contribution < 1.29 is 4.74 Å². The molecule has 0 amide bonds. The van der Waals surface area contributed by atoms with Crippen LogP contribution in [0.2, 0.25) is 5.02 Å². The van der Waals surface area contributed by atoms with Crippen LogP contribution in [0.15, 0.2) is 24.3 Å². The molecule has 2 rings (SSSR count). The van der Waals surface area contributed by atoms with Gasteiger partial charge in [0.2, 0.25) is 0 Å². The van der Waals surface area contributed by atoms with Crippen LogP contribution in [0.5, 0.6) is 0 Å². The Bertz CT molecular complexity index is 338. The lowest BCUT2D eigenvalue weighted by Gasteiger charge is -2.25. The minimum absolute atomic E-state index is 0.136. The molecule has 1 aliphatic rings. The summed E-state index contributed by atoms with van der Waals surface area (Å²) in [5.41, 5.74) is 1.08. The Morgan fingerprint density at radius 1 is 1.47 bits per heavy atom. The third-order valence-electron chi connectivity index (χ3n) is 3.00. The van der Waals surface area contributed by atoms with Gasteiger partial charge in [-0.25, -0.2) is 0 Å². The van der Waals surface area contributed by atoms with Crippen molar-refractivity contribution in [2.24, 2.45) is 0 Å². The number of hydrogen-bond donors (Lipinski definition) is 0. The predicted octanol–water partition coefficient (Wildman–Crippen LogP) is 4.13. The van der Waals surface area contributed by atoms with E-state index in [-0.39, 0.29) is 5.60 Å². The molecule has 0 N–H and O–H groups in total. The SMILES string of the molecule is CC1(c2ccc(Cl)cc2)CCC(CBr)O1. The van der Waals surface area contributed by atoms with Crippen LogP contribution >= 0.6 is 27.5 Å². The van der Waals surface area contributed by atoms with Crippen LogP contribution in [0.3, 0.4) is 0 Å². The lowest BCUT2D eigenvalue weighted by atomic mass is 9.93. The monoisotopic (exact) mass is 288 g/mol. The van der Waals surface area contributed by atoms with E-state index >= 15 is 0 Å². The zero-order valence-corrected chi connectivity index (χ0v) is 11.0. The Morgan fingerprint density at radius 2 is 2.13 bits per heavy atom. The maximum absolute atomic E-state index is 6.03. The number of halogens is 2. The largest absolute Gasteiger partial charge is 0.366 e. The van der Waals surface area contributed by atoms with Gasteiger partial charge in [0.1, 0.15) is 0 Å². The maximum Gasteiger partial charge on any atom is 0.0908 e. The van der Waals surface area contributed by atoms with E-state index in [2.05, 4.69) is 35.0 Å². The van der Waals surface area contributed by atoms with Crippen molar-refractivity contribution in [2.75, 3.05) is 5.33 Å². The summed E-state index contributed by atoms with van der Waals surface area (Å²) in [5.74, 6) is 0. The van der Waals surface area contributed by atoms with Crippen LogP contribution in [0, 0.1) is 0 Å². The lowest BCUT2D eigenvalue weighted by Crippen LogP contribution is -2.22. The second-order valence-corrected chi connectivity index (χ2v) is 5.25. The van der Waals surface area contributed by atoms with Gasteiger partial charge in [-0.2, -0.15) is 0 Å². The van der Waals surface area contributed by atoms with Crippen LogP contribution in [-0.4, -0.2) is 11.4 Å². The van der Waals surface area contributed by atoms with Crippen molar-refractivity contribution >= 4 is 27.5 Å². The third kappa shape index (κ3) is 2.38. The molecule has 1 nitrogen and oxygen atoms in total. The summed E-state index contributed by atoms with van der Waals surface area (Å²) in [6, 6.07) is 7.96. The van der Waals surface area contributed by atoms with Gasteiger partial charge in [0, 0.05) is 10.4 Å². The van der Waals surface area contributed by atoms with Crippen molar-refractivity contribution in [3.63, 3.8) is 0 Å². The third-order valence-corrected chi connectivity index (χ3v) is 3.97.